The zero-order chi connectivity index (χ0) is 13.4. The Bertz CT molecular complexity index is 244. The summed E-state index contributed by atoms with van der Waals surface area (Å²) in [6, 6.07) is 0. The largest absolute Gasteiger partial charge is 0.345 e. The zero-order valence-corrected chi connectivity index (χ0v) is 12.2. The van der Waals surface area contributed by atoms with Crippen molar-refractivity contribution < 1.29 is 4.79 Å². The van der Waals surface area contributed by atoms with Crippen molar-refractivity contribution in [3.8, 4) is 0 Å². The van der Waals surface area contributed by atoms with Crippen LogP contribution < -0.4 is 10.6 Å². The van der Waals surface area contributed by atoms with Gasteiger partial charge in [-0.2, -0.15) is 0 Å². The van der Waals surface area contributed by atoms with Gasteiger partial charge in [0.15, 0.2) is 0 Å². The smallest absolute Gasteiger partial charge is 0.229 e. The second-order valence-electron chi connectivity index (χ2n) is 5.49. The summed E-state index contributed by atoms with van der Waals surface area (Å²) in [6.45, 7) is 5.91. The van der Waals surface area contributed by atoms with Crippen LogP contribution in [0.25, 0.3) is 0 Å². The molecule has 1 atom stereocenters. The van der Waals surface area contributed by atoms with Crippen LogP contribution in [0.2, 0.25) is 0 Å². The average molecular weight is 255 g/mol. The molecule has 0 aliphatic carbocycles. The van der Waals surface area contributed by atoms with Crippen LogP contribution in [0.4, 0.5) is 0 Å². The molecule has 1 saturated heterocycles. The van der Waals surface area contributed by atoms with Crippen LogP contribution >= 0.6 is 0 Å². The van der Waals surface area contributed by atoms with E-state index in [1.807, 2.05) is 19.0 Å². The van der Waals surface area contributed by atoms with Gasteiger partial charge in [0, 0.05) is 20.1 Å². The standard InChI is InChI=1S/C14H29N3O/c1-4-7-14(8-5-10-16-12-14)13(18)17(3)11-6-9-15-2/h15-16H,4-12H2,1-3H3. The van der Waals surface area contributed by atoms with Crippen molar-refractivity contribution >= 4 is 5.91 Å². The van der Waals surface area contributed by atoms with E-state index in [9.17, 15) is 4.79 Å². The number of nitrogens with zero attached hydrogens (tertiary/aromatic N) is 1. The third kappa shape index (κ3) is 3.95. The number of hydrogen-bond donors (Lipinski definition) is 2. The highest BCUT2D eigenvalue weighted by molar-refractivity contribution is 5.83. The van der Waals surface area contributed by atoms with Gasteiger partial charge >= 0.3 is 0 Å². The minimum atomic E-state index is -0.138. The number of carbonyl (C=O) groups excluding carboxylic acids is 1. The van der Waals surface area contributed by atoms with E-state index >= 15 is 0 Å². The minimum absolute atomic E-state index is 0.138. The predicted octanol–water partition coefficient (Wildman–Crippen LogP) is 1.22. The maximum Gasteiger partial charge on any atom is 0.229 e. The van der Waals surface area contributed by atoms with E-state index in [4.69, 9.17) is 0 Å². The molecule has 2 N–H and O–H groups in total. The van der Waals surface area contributed by atoms with Crippen molar-refractivity contribution in [1.82, 2.24) is 15.5 Å². The summed E-state index contributed by atoms with van der Waals surface area (Å²) in [5, 5.41) is 6.53. The molecule has 0 aromatic carbocycles. The highest BCUT2D eigenvalue weighted by Crippen LogP contribution is 2.33. The van der Waals surface area contributed by atoms with E-state index in [-0.39, 0.29) is 5.41 Å². The number of piperidine rings is 1. The highest BCUT2D eigenvalue weighted by atomic mass is 16.2. The molecule has 0 saturated carbocycles. The van der Waals surface area contributed by atoms with Crippen molar-refractivity contribution in [2.45, 2.75) is 39.0 Å². The Morgan fingerprint density at radius 3 is 2.83 bits per heavy atom. The molecular weight excluding hydrogens is 226 g/mol. The van der Waals surface area contributed by atoms with E-state index in [1.54, 1.807) is 0 Å². The van der Waals surface area contributed by atoms with Gasteiger partial charge < -0.3 is 15.5 Å². The fourth-order valence-corrected chi connectivity index (χ4v) is 2.95. The first-order chi connectivity index (χ1) is 8.66. The third-order valence-corrected chi connectivity index (χ3v) is 3.92. The maximum atomic E-state index is 12.7. The lowest BCUT2D eigenvalue weighted by molar-refractivity contribution is -0.142. The van der Waals surface area contributed by atoms with E-state index in [0.717, 1.165) is 58.3 Å². The second-order valence-corrected chi connectivity index (χ2v) is 5.49. The number of rotatable bonds is 7. The molecule has 0 aromatic heterocycles. The van der Waals surface area contributed by atoms with Crippen LogP contribution in [0.3, 0.4) is 0 Å². The van der Waals surface area contributed by atoms with Gasteiger partial charge in [0.2, 0.25) is 5.91 Å². The summed E-state index contributed by atoms with van der Waals surface area (Å²) >= 11 is 0. The quantitative estimate of drug-likeness (QED) is 0.672. The molecule has 18 heavy (non-hydrogen) atoms. The van der Waals surface area contributed by atoms with Gasteiger partial charge in [-0.15, -0.1) is 0 Å². The van der Waals surface area contributed by atoms with Gasteiger partial charge in [-0.1, -0.05) is 13.3 Å². The van der Waals surface area contributed by atoms with E-state index in [0.29, 0.717) is 5.91 Å². The first kappa shape index (κ1) is 15.4. The first-order valence-electron chi connectivity index (χ1n) is 7.27. The zero-order valence-electron chi connectivity index (χ0n) is 12.2. The van der Waals surface area contributed by atoms with E-state index in [1.165, 1.54) is 0 Å². The van der Waals surface area contributed by atoms with Crippen LogP contribution in [0.5, 0.6) is 0 Å². The molecule has 0 radical (unpaired) electrons. The molecule has 1 rings (SSSR count). The van der Waals surface area contributed by atoms with Crippen molar-refractivity contribution in [1.29, 1.82) is 0 Å². The Balaban J connectivity index is 2.57. The molecule has 1 amide bonds. The van der Waals surface area contributed by atoms with Crippen LogP contribution in [0.1, 0.15) is 39.0 Å². The number of carbonyl (C=O) groups is 1. The maximum absolute atomic E-state index is 12.7. The monoisotopic (exact) mass is 255 g/mol. The summed E-state index contributed by atoms with van der Waals surface area (Å²) in [5.74, 6) is 0.340. The number of nitrogens with one attached hydrogen (secondary N) is 2. The predicted molar refractivity (Wildman–Crippen MR) is 75.6 cm³/mol. The molecular formula is C14H29N3O. The molecule has 0 spiro atoms. The summed E-state index contributed by atoms with van der Waals surface area (Å²) < 4.78 is 0. The molecule has 4 heteroatoms. The molecule has 1 aliphatic rings. The number of amides is 1. The molecule has 0 aromatic rings. The van der Waals surface area contributed by atoms with Crippen molar-refractivity contribution in [3.63, 3.8) is 0 Å². The second kappa shape index (κ2) is 7.74. The molecule has 106 valence electrons. The van der Waals surface area contributed by atoms with E-state index < -0.39 is 0 Å². The summed E-state index contributed by atoms with van der Waals surface area (Å²) in [6.07, 6.45) is 5.28. The SMILES string of the molecule is CCCC1(C(=O)N(C)CCCNC)CCCNC1. The van der Waals surface area contributed by atoms with Crippen LogP contribution in [0, 0.1) is 5.41 Å². The lowest BCUT2D eigenvalue weighted by Gasteiger charge is -2.39. The molecule has 1 unspecified atom stereocenters. The average Bonchev–Trinajstić information content (AvgIpc) is 2.39. The molecule has 0 bridgehead atoms. The van der Waals surface area contributed by atoms with Crippen LogP contribution in [-0.4, -0.2) is 51.1 Å². The Labute approximate surface area is 111 Å². The third-order valence-electron chi connectivity index (χ3n) is 3.92. The van der Waals surface area contributed by atoms with Gasteiger partial charge in [-0.3, -0.25) is 4.79 Å². The normalized spacial score (nSPS) is 23.9. The lowest BCUT2D eigenvalue weighted by Crippen LogP contribution is -2.51. The first-order valence-corrected chi connectivity index (χ1v) is 7.27. The van der Waals surface area contributed by atoms with E-state index in [2.05, 4.69) is 17.6 Å². The summed E-state index contributed by atoms with van der Waals surface area (Å²) in [7, 11) is 3.90. The Morgan fingerprint density at radius 1 is 1.50 bits per heavy atom. The van der Waals surface area contributed by atoms with Crippen LogP contribution in [0.15, 0.2) is 0 Å². The van der Waals surface area contributed by atoms with Gasteiger partial charge in [0.05, 0.1) is 5.41 Å². The topological polar surface area (TPSA) is 44.4 Å². The summed E-state index contributed by atoms with van der Waals surface area (Å²) in [4.78, 5) is 14.6. The van der Waals surface area contributed by atoms with Crippen molar-refractivity contribution in [2.24, 2.45) is 5.41 Å². The molecule has 1 heterocycles. The Kier molecular flexibility index (Phi) is 6.65. The van der Waals surface area contributed by atoms with Crippen molar-refractivity contribution in [2.75, 3.05) is 40.3 Å². The number of hydrogen-bond acceptors (Lipinski definition) is 3. The van der Waals surface area contributed by atoms with Gasteiger partial charge in [-0.05, 0) is 45.8 Å². The van der Waals surface area contributed by atoms with Crippen molar-refractivity contribution in [3.05, 3.63) is 0 Å². The molecule has 1 aliphatic heterocycles. The van der Waals surface area contributed by atoms with Gasteiger partial charge in [0.1, 0.15) is 0 Å². The van der Waals surface area contributed by atoms with Gasteiger partial charge in [0.25, 0.3) is 0 Å². The fraction of sp³-hybridized carbons (Fsp3) is 0.929. The Morgan fingerprint density at radius 2 is 2.28 bits per heavy atom. The van der Waals surface area contributed by atoms with Crippen LogP contribution in [-0.2, 0) is 4.79 Å². The summed E-state index contributed by atoms with van der Waals surface area (Å²) in [5.41, 5.74) is -0.138. The van der Waals surface area contributed by atoms with Gasteiger partial charge in [-0.25, -0.2) is 0 Å². The minimum Gasteiger partial charge on any atom is -0.345 e. The lowest BCUT2D eigenvalue weighted by atomic mass is 9.76. The molecule has 1 fully saturated rings. The fourth-order valence-electron chi connectivity index (χ4n) is 2.95. The highest BCUT2D eigenvalue weighted by Gasteiger charge is 2.40. The molecule has 4 nitrogen and oxygen atoms in total. The Hall–Kier alpha value is -0.610.